The van der Waals surface area contributed by atoms with Crippen LogP contribution in [0.5, 0.6) is 0 Å². The minimum atomic E-state index is -3.30. The summed E-state index contributed by atoms with van der Waals surface area (Å²) in [5, 5.41) is 0. The Hall–Kier alpha value is -0.910. The zero-order valence-electron chi connectivity index (χ0n) is 12.2. The smallest absolute Gasteiger partial charge is 0.409 e. The van der Waals surface area contributed by atoms with E-state index in [4.69, 9.17) is 13.8 Å². The van der Waals surface area contributed by atoms with E-state index in [1.165, 1.54) is 14.2 Å². The molecule has 1 aliphatic heterocycles. The van der Waals surface area contributed by atoms with Crippen molar-refractivity contribution in [1.82, 2.24) is 4.90 Å². The lowest BCUT2D eigenvalue weighted by Crippen LogP contribution is -2.41. The third-order valence-electron chi connectivity index (χ3n) is 3.38. The van der Waals surface area contributed by atoms with Crippen LogP contribution in [0.15, 0.2) is 0 Å². The highest BCUT2D eigenvalue weighted by Crippen LogP contribution is 2.46. The van der Waals surface area contributed by atoms with Gasteiger partial charge in [0.25, 0.3) is 0 Å². The Kier molecular flexibility index (Phi) is 6.65. The van der Waals surface area contributed by atoms with Crippen LogP contribution in [-0.4, -0.2) is 56.9 Å². The summed E-state index contributed by atoms with van der Waals surface area (Å²) in [7, 11) is -0.774. The maximum absolute atomic E-state index is 12.1. The molecule has 116 valence electrons. The Balaban J connectivity index is 2.47. The number of amides is 1. The van der Waals surface area contributed by atoms with Crippen molar-refractivity contribution in [1.29, 1.82) is 0 Å². The molecular weight excluding hydrogens is 285 g/mol. The van der Waals surface area contributed by atoms with Gasteiger partial charge in [-0.25, -0.2) is 4.79 Å². The van der Waals surface area contributed by atoms with Gasteiger partial charge in [0.1, 0.15) is 11.9 Å². The molecular formula is C12H22NO6P. The summed E-state index contributed by atoms with van der Waals surface area (Å²) >= 11 is 0. The molecule has 1 saturated heterocycles. The molecule has 0 saturated carbocycles. The van der Waals surface area contributed by atoms with E-state index in [0.717, 1.165) is 0 Å². The number of likely N-dealkylation sites (tertiary alicyclic amines) is 1. The fourth-order valence-corrected chi connectivity index (χ4v) is 3.17. The minimum absolute atomic E-state index is 0.138. The van der Waals surface area contributed by atoms with Gasteiger partial charge in [-0.15, -0.1) is 0 Å². The first kappa shape index (κ1) is 17.1. The van der Waals surface area contributed by atoms with Gasteiger partial charge >= 0.3 is 13.7 Å². The van der Waals surface area contributed by atoms with Crippen LogP contribution < -0.4 is 0 Å². The van der Waals surface area contributed by atoms with Crippen LogP contribution in [0.1, 0.15) is 19.8 Å². The summed E-state index contributed by atoms with van der Waals surface area (Å²) in [4.78, 5) is 25.2. The zero-order valence-corrected chi connectivity index (χ0v) is 13.1. The molecule has 1 amide bonds. The standard InChI is InChI=1S/C12H22NO6P/c1-4-19-12(15)13-7-5-10(6-8-13)11(14)9-20(16,17-2)18-3/h10H,4-9H2,1-3H3. The monoisotopic (exact) mass is 307 g/mol. The molecule has 0 aromatic carbocycles. The summed E-state index contributed by atoms with van der Waals surface area (Å²) in [5.74, 6) is -0.347. The van der Waals surface area contributed by atoms with Crippen LogP contribution >= 0.6 is 7.60 Å². The number of hydrogen-bond acceptors (Lipinski definition) is 6. The highest BCUT2D eigenvalue weighted by molar-refractivity contribution is 7.54. The lowest BCUT2D eigenvalue weighted by molar-refractivity contribution is -0.121. The molecule has 0 bridgehead atoms. The van der Waals surface area contributed by atoms with E-state index in [1.807, 2.05) is 0 Å². The molecule has 0 radical (unpaired) electrons. The molecule has 7 nitrogen and oxygen atoms in total. The van der Waals surface area contributed by atoms with E-state index < -0.39 is 7.60 Å². The van der Waals surface area contributed by atoms with E-state index in [-0.39, 0.29) is 24.0 Å². The highest BCUT2D eigenvalue weighted by atomic mass is 31.2. The molecule has 0 N–H and O–H groups in total. The van der Waals surface area contributed by atoms with Crippen molar-refractivity contribution in [3.63, 3.8) is 0 Å². The van der Waals surface area contributed by atoms with Crippen LogP contribution in [0.3, 0.4) is 0 Å². The molecule has 0 atom stereocenters. The van der Waals surface area contributed by atoms with Crippen LogP contribution in [0.2, 0.25) is 0 Å². The molecule has 0 spiro atoms. The number of piperidine rings is 1. The average molecular weight is 307 g/mol. The van der Waals surface area contributed by atoms with Gasteiger partial charge < -0.3 is 18.7 Å². The lowest BCUT2D eigenvalue weighted by Gasteiger charge is -2.30. The van der Waals surface area contributed by atoms with Gasteiger partial charge in [-0.2, -0.15) is 0 Å². The average Bonchev–Trinajstić information content (AvgIpc) is 2.47. The summed E-state index contributed by atoms with van der Waals surface area (Å²) in [6.07, 6.45) is 0.526. The minimum Gasteiger partial charge on any atom is -0.450 e. The molecule has 0 aromatic rings. The van der Waals surface area contributed by atoms with E-state index >= 15 is 0 Å². The van der Waals surface area contributed by atoms with Crippen molar-refractivity contribution in [3.8, 4) is 0 Å². The van der Waals surface area contributed by atoms with Gasteiger partial charge in [0.05, 0.1) is 6.61 Å². The molecule has 20 heavy (non-hydrogen) atoms. The first-order valence-corrected chi connectivity index (χ1v) is 8.33. The largest absolute Gasteiger partial charge is 0.450 e. The molecule has 1 aliphatic rings. The Morgan fingerprint density at radius 1 is 1.20 bits per heavy atom. The zero-order chi connectivity index (χ0) is 15.2. The quantitative estimate of drug-likeness (QED) is 0.697. The lowest BCUT2D eigenvalue weighted by atomic mass is 9.93. The molecule has 1 fully saturated rings. The molecule has 0 aliphatic carbocycles. The van der Waals surface area contributed by atoms with Crippen molar-refractivity contribution in [3.05, 3.63) is 0 Å². The summed E-state index contributed by atoms with van der Waals surface area (Å²) < 4.78 is 26.4. The number of Topliss-reactive ketones (excluding diaryl/α,β-unsaturated/α-hetero) is 1. The summed E-state index contributed by atoms with van der Waals surface area (Å²) in [6.45, 7) is 3.03. The van der Waals surface area contributed by atoms with Gasteiger partial charge in [-0.05, 0) is 19.8 Å². The second-order valence-electron chi connectivity index (χ2n) is 4.56. The number of rotatable bonds is 6. The SMILES string of the molecule is CCOC(=O)N1CCC(C(=O)CP(=O)(OC)OC)CC1. The Morgan fingerprint density at radius 2 is 1.75 bits per heavy atom. The number of ketones is 1. The third kappa shape index (κ3) is 4.58. The Labute approximate surface area is 119 Å². The third-order valence-corrected chi connectivity index (χ3v) is 5.19. The first-order chi connectivity index (χ1) is 9.45. The Morgan fingerprint density at radius 3 is 2.20 bits per heavy atom. The van der Waals surface area contributed by atoms with E-state index in [0.29, 0.717) is 32.5 Å². The van der Waals surface area contributed by atoms with Crippen molar-refractivity contribution in [2.75, 3.05) is 40.1 Å². The highest BCUT2D eigenvalue weighted by Gasteiger charge is 2.33. The second kappa shape index (κ2) is 7.76. The number of ether oxygens (including phenoxy) is 1. The van der Waals surface area contributed by atoms with Crippen molar-refractivity contribution in [2.24, 2.45) is 5.92 Å². The van der Waals surface area contributed by atoms with Gasteiger partial charge in [0.15, 0.2) is 0 Å². The van der Waals surface area contributed by atoms with Gasteiger partial charge in [0, 0.05) is 33.2 Å². The van der Waals surface area contributed by atoms with Crippen LogP contribution in [0.25, 0.3) is 0 Å². The predicted molar refractivity (Wildman–Crippen MR) is 72.8 cm³/mol. The predicted octanol–water partition coefficient (Wildman–Crippen LogP) is 1.91. The number of hydrogen-bond donors (Lipinski definition) is 0. The van der Waals surface area contributed by atoms with E-state index in [9.17, 15) is 14.2 Å². The van der Waals surface area contributed by atoms with Crippen molar-refractivity contribution in [2.45, 2.75) is 19.8 Å². The number of carbonyl (C=O) groups is 2. The van der Waals surface area contributed by atoms with Gasteiger partial charge in [-0.3, -0.25) is 9.36 Å². The van der Waals surface area contributed by atoms with Crippen LogP contribution in [0.4, 0.5) is 4.79 Å². The number of carbonyl (C=O) groups excluding carboxylic acids is 2. The second-order valence-corrected chi connectivity index (χ2v) is 6.83. The van der Waals surface area contributed by atoms with Crippen LogP contribution in [-0.2, 0) is 23.1 Å². The first-order valence-electron chi connectivity index (χ1n) is 6.60. The van der Waals surface area contributed by atoms with Gasteiger partial charge in [0.2, 0.25) is 0 Å². The summed E-state index contributed by atoms with van der Waals surface area (Å²) in [6, 6.07) is 0. The topological polar surface area (TPSA) is 82.1 Å². The van der Waals surface area contributed by atoms with E-state index in [1.54, 1.807) is 11.8 Å². The Bertz CT molecular complexity index is 383. The molecule has 8 heteroatoms. The molecule has 0 unspecified atom stereocenters. The maximum Gasteiger partial charge on any atom is 0.409 e. The number of nitrogens with zero attached hydrogens (tertiary/aromatic N) is 1. The molecule has 1 heterocycles. The maximum atomic E-state index is 12.1. The molecule has 0 aromatic heterocycles. The van der Waals surface area contributed by atoms with Crippen molar-refractivity contribution >= 4 is 19.5 Å². The fraction of sp³-hybridized carbons (Fsp3) is 0.833. The van der Waals surface area contributed by atoms with Crippen LogP contribution in [0, 0.1) is 5.92 Å². The van der Waals surface area contributed by atoms with Gasteiger partial charge in [-0.1, -0.05) is 0 Å². The van der Waals surface area contributed by atoms with E-state index in [2.05, 4.69) is 0 Å². The van der Waals surface area contributed by atoms with Crippen molar-refractivity contribution < 1.29 is 27.9 Å². The fourth-order valence-electron chi connectivity index (χ4n) is 2.12. The summed E-state index contributed by atoms with van der Waals surface area (Å²) in [5.41, 5.74) is 0. The normalized spacial score (nSPS) is 17.1. The molecule has 1 rings (SSSR count).